The lowest BCUT2D eigenvalue weighted by molar-refractivity contribution is 0.0943. The molecule has 0 atom stereocenters. The summed E-state index contributed by atoms with van der Waals surface area (Å²) in [4.78, 5) is 24.0. The van der Waals surface area contributed by atoms with Crippen molar-refractivity contribution in [3.63, 3.8) is 0 Å². The van der Waals surface area contributed by atoms with E-state index in [0.29, 0.717) is 23.9 Å². The van der Waals surface area contributed by atoms with Gasteiger partial charge in [-0.15, -0.1) is 0 Å². The van der Waals surface area contributed by atoms with Crippen LogP contribution in [0.1, 0.15) is 16.1 Å². The van der Waals surface area contributed by atoms with Gasteiger partial charge in [0.05, 0.1) is 11.9 Å². The van der Waals surface area contributed by atoms with Crippen LogP contribution in [0.2, 0.25) is 0 Å². The summed E-state index contributed by atoms with van der Waals surface area (Å²) in [6.07, 6.45) is 0. The van der Waals surface area contributed by atoms with E-state index in [2.05, 4.69) is 15.5 Å². The Hall–Kier alpha value is -3.15. The van der Waals surface area contributed by atoms with Crippen LogP contribution in [0, 0.1) is 6.92 Å². The summed E-state index contributed by atoms with van der Waals surface area (Å²) in [6, 6.07) is 14.6. The third kappa shape index (κ3) is 3.43. The van der Waals surface area contributed by atoms with E-state index in [0.717, 1.165) is 11.3 Å². The smallest absolute Gasteiger partial charge is 0.272 e. The second-order valence-electron chi connectivity index (χ2n) is 5.36. The molecule has 0 fully saturated rings. The van der Waals surface area contributed by atoms with Gasteiger partial charge in [0.1, 0.15) is 12.4 Å². The van der Waals surface area contributed by atoms with Crippen LogP contribution >= 0.6 is 0 Å². The third-order valence-corrected chi connectivity index (χ3v) is 3.59. The SMILES string of the molecule is Cc1ccc(OCCNC(=O)c2n[nH]c(=O)c3ccccc23)cc1. The molecule has 0 spiro atoms. The van der Waals surface area contributed by atoms with E-state index in [4.69, 9.17) is 4.74 Å². The molecule has 0 saturated carbocycles. The van der Waals surface area contributed by atoms with Gasteiger partial charge in [-0.25, -0.2) is 5.10 Å². The third-order valence-electron chi connectivity index (χ3n) is 3.59. The lowest BCUT2D eigenvalue weighted by atomic mass is 10.1. The van der Waals surface area contributed by atoms with E-state index in [1.807, 2.05) is 31.2 Å². The highest BCUT2D eigenvalue weighted by Gasteiger charge is 2.13. The van der Waals surface area contributed by atoms with Crippen LogP contribution in [0.3, 0.4) is 0 Å². The van der Waals surface area contributed by atoms with Gasteiger partial charge < -0.3 is 10.1 Å². The number of aromatic nitrogens is 2. The van der Waals surface area contributed by atoms with E-state index in [1.165, 1.54) is 0 Å². The van der Waals surface area contributed by atoms with Crippen LogP contribution in [-0.2, 0) is 0 Å². The van der Waals surface area contributed by atoms with E-state index in [9.17, 15) is 9.59 Å². The maximum Gasteiger partial charge on any atom is 0.272 e. The molecule has 24 heavy (non-hydrogen) atoms. The lowest BCUT2D eigenvalue weighted by Crippen LogP contribution is -2.30. The molecule has 1 aromatic heterocycles. The summed E-state index contributed by atoms with van der Waals surface area (Å²) < 4.78 is 5.56. The van der Waals surface area contributed by atoms with Crippen LogP contribution in [0.15, 0.2) is 53.3 Å². The Bertz CT molecular complexity index is 917. The minimum atomic E-state index is -0.352. The number of benzene rings is 2. The van der Waals surface area contributed by atoms with E-state index in [1.54, 1.807) is 24.3 Å². The van der Waals surface area contributed by atoms with Gasteiger partial charge in [0.25, 0.3) is 11.5 Å². The fourth-order valence-corrected chi connectivity index (χ4v) is 2.34. The molecule has 0 bridgehead atoms. The molecule has 1 amide bonds. The van der Waals surface area contributed by atoms with Crippen molar-refractivity contribution in [2.75, 3.05) is 13.2 Å². The van der Waals surface area contributed by atoms with Crippen LogP contribution < -0.4 is 15.6 Å². The number of fused-ring (bicyclic) bond motifs is 1. The van der Waals surface area contributed by atoms with Crippen molar-refractivity contribution in [2.24, 2.45) is 0 Å². The van der Waals surface area contributed by atoms with Gasteiger partial charge in [0.15, 0.2) is 5.69 Å². The monoisotopic (exact) mass is 323 g/mol. The Labute approximate surface area is 138 Å². The summed E-state index contributed by atoms with van der Waals surface area (Å²) in [6.45, 7) is 2.68. The molecule has 6 heteroatoms. The zero-order valence-corrected chi connectivity index (χ0v) is 13.2. The highest BCUT2D eigenvalue weighted by Crippen LogP contribution is 2.12. The molecule has 1 heterocycles. The van der Waals surface area contributed by atoms with Crippen LogP contribution in [-0.4, -0.2) is 29.3 Å². The van der Waals surface area contributed by atoms with Crippen molar-refractivity contribution in [1.29, 1.82) is 0 Å². The van der Waals surface area contributed by atoms with Crippen molar-refractivity contribution in [3.8, 4) is 5.75 Å². The quantitative estimate of drug-likeness (QED) is 0.704. The number of nitrogens with zero attached hydrogens (tertiary/aromatic N) is 1. The average Bonchev–Trinajstić information content (AvgIpc) is 2.60. The van der Waals surface area contributed by atoms with Gasteiger partial charge in [-0.05, 0) is 25.1 Å². The molecule has 0 aliphatic heterocycles. The molecule has 122 valence electrons. The number of hydrogen-bond donors (Lipinski definition) is 2. The molecule has 3 rings (SSSR count). The lowest BCUT2D eigenvalue weighted by Gasteiger charge is -2.08. The summed E-state index contributed by atoms with van der Waals surface area (Å²) in [5, 5.41) is 9.92. The molecule has 6 nitrogen and oxygen atoms in total. The number of carbonyl (C=O) groups excluding carboxylic acids is 1. The normalized spacial score (nSPS) is 10.5. The number of hydrogen-bond acceptors (Lipinski definition) is 4. The number of rotatable bonds is 5. The highest BCUT2D eigenvalue weighted by atomic mass is 16.5. The Morgan fingerprint density at radius 2 is 1.83 bits per heavy atom. The molecular weight excluding hydrogens is 306 g/mol. The Morgan fingerprint density at radius 1 is 1.12 bits per heavy atom. The Balaban J connectivity index is 1.62. The molecule has 0 radical (unpaired) electrons. The summed E-state index contributed by atoms with van der Waals surface area (Å²) in [7, 11) is 0. The molecule has 2 N–H and O–H groups in total. The zero-order valence-electron chi connectivity index (χ0n) is 13.2. The maximum atomic E-state index is 12.3. The largest absolute Gasteiger partial charge is 0.492 e. The fraction of sp³-hybridized carbons (Fsp3) is 0.167. The molecular formula is C18H17N3O3. The van der Waals surface area contributed by atoms with E-state index < -0.39 is 0 Å². The van der Waals surface area contributed by atoms with Crippen molar-refractivity contribution in [3.05, 3.63) is 70.1 Å². The maximum absolute atomic E-state index is 12.3. The minimum absolute atomic E-state index is 0.195. The van der Waals surface area contributed by atoms with Crippen molar-refractivity contribution in [2.45, 2.75) is 6.92 Å². The van der Waals surface area contributed by atoms with Gasteiger partial charge in [-0.1, -0.05) is 35.9 Å². The average molecular weight is 323 g/mol. The van der Waals surface area contributed by atoms with Crippen LogP contribution in [0.25, 0.3) is 10.8 Å². The van der Waals surface area contributed by atoms with Crippen molar-refractivity contribution < 1.29 is 9.53 Å². The first-order valence-corrected chi connectivity index (χ1v) is 7.60. The number of nitrogens with one attached hydrogen (secondary N) is 2. The number of aryl methyl sites for hydroxylation is 1. The predicted molar refractivity (Wildman–Crippen MR) is 91.4 cm³/mol. The van der Waals surface area contributed by atoms with Crippen molar-refractivity contribution in [1.82, 2.24) is 15.5 Å². The number of aromatic amines is 1. The first kappa shape index (κ1) is 15.7. The number of amides is 1. The zero-order chi connectivity index (χ0) is 16.9. The summed E-state index contributed by atoms with van der Waals surface area (Å²) in [5.41, 5.74) is 1.04. The summed E-state index contributed by atoms with van der Waals surface area (Å²) >= 11 is 0. The highest BCUT2D eigenvalue weighted by molar-refractivity contribution is 6.04. The Morgan fingerprint density at radius 3 is 2.58 bits per heavy atom. The molecule has 3 aromatic rings. The second kappa shape index (κ2) is 6.95. The minimum Gasteiger partial charge on any atom is -0.492 e. The van der Waals surface area contributed by atoms with Crippen LogP contribution in [0.4, 0.5) is 0 Å². The van der Waals surface area contributed by atoms with Crippen LogP contribution in [0.5, 0.6) is 5.75 Å². The molecule has 2 aromatic carbocycles. The second-order valence-corrected chi connectivity index (χ2v) is 5.36. The van der Waals surface area contributed by atoms with Gasteiger partial charge in [0, 0.05) is 5.39 Å². The van der Waals surface area contributed by atoms with Gasteiger partial charge in [0.2, 0.25) is 0 Å². The topological polar surface area (TPSA) is 84.1 Å². The predicted octanol–water partition coefficient (Wildman–Crippen LogP) is 2.04. The molecule has 0 aliphatic rings. The molecule has 0 aliphatic carbocycles. The first-order valence-electron chi connectivity index (χ1n) is 7.60. The fourth-order valence-electron chi connectivity index (χ4n) is 2.34. The number of ether oxygens (including phenoxy) is 1. The summed E-state index contributed by atoms with van der Waals surface area (Å²) in [5.74, 6) is 0.400. The van der Waals surface area contributed by atoms with Crippen molar-refractivity contribution >= 4 is 16.7 Å². The Kier molecular flexibility index (Phi) is 4.56. The number of carbonyl (C=O) groups is 1. The standard InChI is InChI=1S/C18H17N3O3/c1-12-6-8-13(9-7-12)24-11-10-19-18(23)16-14-4-2-3-5-15(14)17(22)21-20-16/h2-9H,10-11H2,1H3,(H,19,23)(H,21,22). The van der Waals surface area contributed by atoms with Gasteiger partial charge in [-0.2, -0.15) is 5.10 Å². The van der Waals surface area contributed by atoms with Gasteiger partial charge in [-0.3, -0.25) is 9.59 Å². The first-order chi connectivity index (χ1) is 11.6. The van der Waals surface area contributed by atoms with Gasteiger partial charge >= 0.3 is 0 Å². The molecule has 0 saturated heterocycles. The molecule has 0 unspecified atom stereocenters. The van der Waals surface area contributed by atoms with E-state index in [-0.39, 0.29) is 17.2 Å². The number of H-pyrrole nitrogens is 1. The van der Waals surface area contributed by atoms with E-state index >= 15 is 0 Å².